The van der Waals surface area contributed by atoms with Crippen molar-refractivity contribution >= 4 is 21.9 Å². The van der Waals surface area contributed by atoms with Crippen molar-refractivity contribution in [2.45, 2.75) is 102 Å². The Morgan fingerprint density at radius 3 is 1.59 bits per heavy atom. The molecule has 0 aliphatic carbocycles. The van der Waals surface area contributed by atoms with Crippen LogP contribution in [0.2, 0.25) is 0 Å². The maximum atomic E-state index is 11.9. The van der Waals surface area contributed by atoms with Gasteiger partial charge < -0.3 is 10.4 Å². The average molecular weight is 562 g/mol. The standard InChI is InChI=1S/C23H39NO.C7H8N2O4S/c1-2-3-4-5-6-7-8-9-10-11-12-13-14-18-21-24-23(25)22-19-16-15-17-20-22;8-9-14(12,13)6-3-1-5(2-4-6)7(10)11/h15-17,19-20H,2-14,18,21H2,1H3,(H,24,25);1-4,9H,8H2,(H,10,11). The summed E-state index contributed by atoms with van der Waals surface area (Å²) >= 11 is 0. The van der Waals surface area contributed by atoms with E-state index >= 15 is 0 Å². The van der Waals surface area contributed by atoms with Gasteiger partial charge in [0.05, 0.1) is 10.5 Å². The molecule has 8 nitrogen and oxygen atoms in total. The van der Waals surface area contributed by atoms with Crippen molar-refractivity contribution in [3.63, 3.8) is 0 Å². The lowest BCUT2D eigenvalue weighted by Gasteiger charge is -2.05. The summed E-state index contributed by atoms with van der Waals surface area (Å²) in [4.78, 5) is 23.9. The van der Waals surface area contributed by atoms with Crippen molar-refractivity contribution in [1.29, 1.82) is 0 Å². The average Bonchev–Trinajstić information content (AvgIpc) is 2.95. The summed E-state index contributed by atoms with van der Waals surface area (Å²) in [7, 11) is -3.71. The molecule has 0 fully saturated rings. The third-order valence-corrected chi connectivity index (χ3v) is 7.62. The molecule has 0 radical (unpaired) electrons. The molecule has 0 unspecified atom stereocenters. The fourth-order valence-corrected chi connectivity index (χ4v) is 4.69. The number of sulfonamides is 1. The van der Waals surface area contributed by atoms with E-state index in [1.807, 2.05) is 30.3 Å². The second-order valence-corrected chi connectivity index (χ2v) is 11.4. The fraction of sp³-hybridized carbons (Fsp3) is 0.533. The van der Waals surface area contributed by atoms with Crippen LogP contribution in [0.25, 0.3) is 0 Å². The zero-order valence-corrected chi connectivity index (χ0v) is 24.2. The first-order chi connectivity index (χ1) is 18.8. The molecule has 0 bridgehead atoms. The minimum absolute atomic E-state index is 0.0148. The third-order valence-electron chi connectivity index (χ3n) is 6.42. The van der Waals surface area contributed by atoms with Gasteiger partial charge in [-0.25, -0.2) is 13.2 Å². The van der Waals surface area contributed by atoms with Crippen LogP contribution >= 0.6 is 0 Å². The van der Waals surface area contributed by atoms with Crippen molar-refractivity contribution in [3.05, 3.63) is 65.7 Å². The highest BCUT2D eigenvalue weighted by molar-refractivity contribution is 7.89. The highest BCUT2D eigenvalue weighted by Gasteiger charge is 2.12. The Kier molecular flexibility index (Phi) is 18.6. The van der Waals surface area contributed by atoms with Gasteiger partial charge in [0, 0.05) is 12.1 Å². The maximum absolute atomic E-state index is 11.9. The van der Waals surface area contributed by atoms with Crippen LogP contribution in [0.5, 0.6) is 0 Å². The Morgan fingerprint density at radius 2 is 1.15 bits per heavy atom. The minimum Gasteiger partial charge on any atom is -0.478 e. The van der Waals surface area contributed by atoms with Gasteiger partial charge >= 0.3 is 5.97 Å². The van der Waals surface area contributed by atoms with Crippen molar-refractivity contribution in [2.24, 2.45) is 5.84 Å². The summed E-state index contributed by atoms with van der Waals surface area (Å²) in [5.41, 5.74) is 0.772. The number of carbonyl (C=O) groups is 2. The number of benzene rings is 2. The smallest absolute Gasteiger partial charge is 0.335 e. The zero-order valence-electron chi connectivity index (χ0n) is 23.4. The number of aromatic carboxylic acids is 1. The van der Waals surface area contributed by atoms with Crippen LogP contribution in [-0.2, 0) is 10.0 Å². The Morgan fingerprint density at radius 1 is 0.692 bits per heavy atom. The van der Waals surface area contributed by atoms with Gasteiger partial charge in [-0.3, -0.25) is 10.6 Å². The quantitative estimate of drug-likeness (QED) is 0.0885. The van der Waals surface area contributed by atoms with Crippen LogP contribution < -0.4 is 16.0 Å². The van der Waals surface area contributed by atoms with Crippen LogP contribution in [-0.4, -0.2) is 31.9 Å². The molecule has 0 heterocycles. The summed E-state index contributed by atoms with van der Waals surface area (Å²) < 4.78 is 22.2. The Balaban J connectivity index is 0.000000457. The highest BCUT2D eigenvalue weighted by atomic mass is 32.2. The number of nitrogens with one attached hydrogen (secondary N) is 2. The Hall–Kier alpha value is -2.75. The highest BCUT2D eigenvalue weighted by Crippen LogP contribution is 2.13. The van der Waals surface area contributed by atoms with Crippen LogP contribution in [0.1, 0.15) is 118 Å². The number of amides is 1. The van der Waals surface area contributed by atoms with Gasteiger partial charge in [0.25, 0.3) is 15.9 Å². The van der Waals surface area contributed by atoms with E-state index < -0.39 is 16.0 Å². The van der Waals surface area contributed by atoms with E-state index in [0.29, 0.717) is 0 Å². The molecule has 218 valence electrons. The van der Waals surface area contributed by atoms with Gasteiger partial charge in [0.15, 0.2) is 0 Å². The van der Waals surface area contributed by atoms with Gasteiger partial charge in [-0.15, -0.1) is 0 Å². The number of unbranched alkanes of at least 4 members (excludes halogenated alkanes) is 13. The summed E-state index contributed by atoms with van der Waals surface area (Å²) in [5, 5.41) is 11.5. The molecule has 0 saturated carbocycles. The summed E-state index contributed by atoms with van der Waals surface area (Å²) in [6, 6.07) is 14.2. The first kappa shape index (κ1) is 34.3. The number of nitrogens with two attached hydrogens (primary N) is 1. The molecule has 0 aliphatic rings. The molecule has 0 atom stereocenters. The lowest BCUT2D eigenvalue weighted by Crippen LogP contribution is -2.30. The first-order valence-electron chi connectivity index (χ1n) is 14.2. The number of hydrogen-bond donors (Lipinski definition) is 4. The van der Waals surface area contributed by atoms with Crippen LogP contribution in [0, 0.1) is 0 Å². The van der Waals surface area contributed by atoms with Crippen LogP contribution in [0.4, 0.5) is 0 Å². The summed E-state index contributed by atoms with van der Waals surface area (Å²) in [5.74, 6) is 3.72. The van der Waals surface area contributed by atoms with Gasteiger partial charge in [-0.05, 0) is 42.8 Å². The third kappa shape index (κ3) is 16.1. The topological polar surface area (TPSA) is 139 Å². The van der Waals surface area contributed by atoms with Crippen molar-refractivity contribution in [3.8, 4) is 0 Å². The van der Waals surface area contributed by atoms with Gasteiger partial charge in [-0.2, -0.15) is 4.83 Å². The van der Waals surface area contributed by atoms with E-state index in [2.05, 4.69) is 12.2 Å². The normalized spacial score (nSPS) is 10.9. The number of carboxylic acids is 1. The number of carboxylic acid groups (broad SMARTS) is 1. The molecule has 2 aromatic rings. The minimum atomic E-state index is -3.71. The summed E-state index contributed by atoms with van der Waals surface area (Å²) in [6.45, 7) is 3.08. The van der Waals surface area contributed by atoms with E-state index in [-0.39, 0.29) is 16.4 Å². The monoisotopic (exact) mass is 561 g/mol. The molecule has 0 spiro atoms. The maximum Gasteiger partial charge on any atom is 0.335 e. The van der Waals surface area contributed by atoms with Crippen LogP contribution in [0.3, 0.4) is 0 Å². The van der Waals surface area contributed by atoms with E-state index in [4.69, 9.17) is 10.9 Å². The SMILES string of the molecule is CCCCCCCCCCCCCCCCNC(=O)c1ccccc1.NNS(=O)(=O)c1ccc(C(=O)O)cc1. The molecule has 0 aromatic heterocycles. The van der Waals surface area contributed by atoms with E-state index in [9.17, 15) is 18.0 Å². The second kappa shape index (κ2) is 21.1. The fourth-order valence-electron chi connectivity index (χ4n) is 4.06. The molecule has 1 amide bonds. The predicted molar refractivity (Wildman–Crippen MR) is 157 cm³/mol. The molecule has 0 saturated heterocycles. The number of hydrazine groups is 1. The molecule has 5 N–H and O–H groups in total. The van der Waals surface area contributed by atoms with Crippen molar-refractivity contribution < 1.29 is 23.1 Å². The van der Waals surface area contributed by atoms with Crippen molar-refractivity contribution in [2.75, 3.05) is 6.54 Å². The molecular weight excluding hydrogens is 514 g/mol. The Labute approximate surface area is 234 Å². The molecule has 0 aliphatic heterocycles. The van der Waals surface area contributed by atoms with Crippen molar-refractivity contribution in [1.82, 2.24) is 10.1 Å². The predicted octanol–water partition coefficient (Wildman–Crippen LogP) is 6.43. The van der Waals surface area contributed by atoms with Gasteiger partial charge in [0.1, 0.15) is 0 Å². The van der Waals surface area contributed by atoms with Gasteiger partial charge in [-0.1, -0.05) is 109 Å². The first-order valence-corrected chi connectivity index (χ1v) is 15.7. The Bertz CT molecular complexity index is 1030. The summed E-state index contributed by atoms with van der Waals surface area (Å²) in [6.07, 6.45) is 19.1. The van der Waals surface area contributed by atoms with Crippen LogP contribution in [0.15, 0.2) is 59.5 Å². The molecule has 2 aromatic carbocycles. The van der Waals surface area contributed by atoms with E-state index in [1.54, 1.807) is 4.83 Å². The molecule has 9 heteroatoms. The number of hydrogen-bond acceptors (Lipinski definition) is 5. The molecular formula is C30H47N3O5S. The van der Waals surface area contributed by atoms with E-state index in [0.717, 1.165) is 18.5 Å². The zero-order chi connectivity index (χ0) is 28.8. The number of carbonyl (C=O) groups excluding carboxylic acids is 1. The second-order valence-electron chi connectivity index (χ2n) is 9.67. The number of rotatable bonds is 19. The lowest BCUT2D eigenvalue weighted by atomic mass is 10.0. The van der Waals surface area contributed by atoms with Gasteiger partial charge in [0.2, 0.25) is 0 Å². The molecule has 39 heavy (non-hydrogen) atoms. The molecule has 2 rings (SSSR count). The largest absolute Gasteiger partial charge is 0.478 e. The lowest BCUT2D eigenvalue weighted by molar-refractivity contribution is 0.0696. The van der Waals surface area contributed by atoms with E-state index in [1.165, 1.54) is 108 Å².